The van der Waals surface area contributed by atoms with Gasteiger partial charge in [-0.3, -0.25) is 9.59 Å². The summed E-state index contributed by atoms with van der Waals surface area (Å²) in [7, 11) is 1.82. The van der Waals surface area contributed by atoms with Crippen molar-refractivity contribution in [2.24, 2.45) is 0 Å². The largest absolute Gasteiger partial charge is 0.337 e. The Morgan fingerprint density at radius 3 is 2.87 bits per heavy atom. The van der Waals surface area contributed by atoms with Gasteiger partial charge in [-0.1, -0.05) is 24.6 Å². The molecule has 1 spiro atoms. The number of pyridine rings is 1. The molecule has 5 rings (SSSR count). The lowest BCUT2D eigenvalue weighted by Gasteiger charge is -2.35. The number of carbonyl (C=O) groups excluding carboxylic acids is 2. The molecule has 0 atom stereocenters. The van der Waals surface area contributed by atoms with Crippen LogP contribution in [0.1, 0.15) is 40.8 Å². The molecule has 1 N–H and O–H groups in total. The summed E-state index contributed by atoms with van der Waals surface area (Å²) in [6.45, 7) is 2.70. The Bertz CT molecular complexity index is 1210. The van der Waals surface area contributed by atoms with Crippen molar-refractivity contribution >= 4 is 45.1 Å². The van der Waals surface area contributed by atoms with E-state index >= 15 is 0 Å². The lowest BCUT2D eigenvalue weighted by molar-refractivity contribution is -0.125. The predicted octanol–water partition coefficient (Wildman–Crippen LogP) is 4.65. The van der Waals surface area contributed by atoms with E-state index in [1.807, 2.05) is 25.2 Å². The molecular formula is C24H23N3O2S. The zero-order valence-electron chi connectivity index (χ0n) is 17.1. The molecule has 0 radical (unpaired) electrons. The summed E-state index contributed by atoms with van der Waals surface area (Å²) in [6.07, 6.45) is 7.89. The van der Waals surface area contributed by atoms with E-state index in [0.717, 1.165) is 30.4 Å². The molecule has 6 heteroatoms. The second-order valence-corrected chi connectivity index (χ2v) is 9.37. The first-order valence-electron chi connectivity index (χ1n) is 10.2. The number of nitrogens with zero attached hydrogens (tertiary/aromatic N) is 2. The molecule has 1 fully saturated rings. The second-order valence-electron chi connectivity index (χ2n) is 8.23. The highest BCUT2D eigenvalue weighted by Gasteiger charge is 2.51. The fraction of sp³-hybridized carbons (Fsp3) is 0.292. The smallest absolute Gasteiger partial charge is 0.246 e. The number of fused-ring (bicyclic) bond motifs is 3. The summed E-state index contributed by atoms with van der Waals surface area (Å²) in [5, 5.41) is 4.15. The van der Waals surface area contributed by atoms with Crippen molar-refractivity contribution in [3.05, 3.63) is 64.2 Å². The topological polar surface area (TPSA) is 62.3 Å². The van der Waals surface area contributed by atoms with Gasteiger partial charge in [0.05, 0.1) is 12.0 Å². The summed E-state index contributed by atoms with van der Waals surface area (Å²) in [5.41, 5.74) is 2.66. The number of rotatable bonds is 4. The lowest BCUT2D eigenvalue weighted by Crippen LogP contribution is -2.40. The Kier molecular flexibility index (Phi) is 4.47. The van der Waals surface area contributed by atoms with Gasteiger partial charge in [-0.05, 0) is 54.5 Å². The van der Waals surface area contributed by atoms with E-state index in [0.29, 0.717) is 12.4 Å². The molecule has 3 aromatic rings. The van der Waals surface area contributed by atoms with Crippen molar-refractivity contribution in [3.63, 3.8) is 0 Å². The number of likely N-dealkylation sites (N-methyl/N-ethyl adjacent to an activating group) is 1. The Hall–Kier alpha value is -2.99. The van der Waals surface area contributed by atoms with Crippen molar-refractivity contribution in [2.45, 2.75) is 38.1 Å². The SMILES string of the molecule is Cc1c(CN(C)C(=O)C=Cc2cnc3c(c2)C2(CCC2)C(=O)N3)sc2ccccc12. The minimum atomic E-state index is -0.397. The monoisotopic (exact) mass is 417 g/mol. The van der Waals surface area contributed by atoms with E-state index in [1.54, 1.807) is 34.6 Å². The van der Waals surface area contributed by atoms with Crippen LogP contribution in [0.4, 0.5) is 5.82 Å². The fourth-order valence-electron chi connectivity index (χ4n) is 4.38. The highest BCUT2D eigenvalue weighted by atomic mass is 32.1. The number of aryl methyl sites for hydroxylation is 1. The number of thiophene rings is 1. The highest BCUT2D eigenvalue weighted by Crippen LogP contribution is 2.50. The minimum Gasteiger partial charge on any atom is -0.337 e. The van der Waals surface area contributed by atoms with Gasteiger partial charge in [0.15, 0.2) is 0 Å². The first-order valence-corrected chi connectivity index (χ1v) is 11.0. The van der Waals surface area contributed by atoms with Crippen LogP contribution in [0.25, 0.3) is 16.2 Å². The van der Waals surface area contributed by atoms with Crippen LogP contribution in [-0.2, 0) is 21.5 Å². The molecule has 152 valence electrons. The molecule has 5 nitrogen and oxygen atoms in total. The average molecular weight is 418 g/mol. The van der Waals surface area contributed by atoms with Gasteiger partial charge in [0.2, 0.25) is 11.8 Å². The van der Waals surface area contributed by atoms with Gasteiger partial charge in [-0.2, -0.15) is 0 Å². The quantitative estimate of drug-likeness (QED) is 0.629. The number of hydrogen-bond donors (Lipinski definition) is 1. The van der Waals surface area contributed by atoms with Crippen LogP contribution in [0.3, 0.4) is 0 Å². The third-order valence-corrected chi connectivity index (χ3v) is 7.67. The van der Waals surface area contributed by atoms with Crippen molar-refractivity contribution in [3.8, 4) is 0 Å². The van der Waals surface area contributed by atoms with Crippen molar-refractivity contribution in [1.82, 2.24) is 9.88 Å². The molecule has 1 saturated carbocycles. The van der Waals surface area contributed by atoms with E-state index in [2.05, 4.69) is 29.4 Å². The Morgan fingerprint density at radius 2 is 2.13 bits per heavy atom. The summed E-state index contributed by atoms with van der Waals surface area (Å²) < 4.78 is 1.25. The zero-order chi connectivity index (χ0) is 20.9. The van der Waals surface area contributed by atoms with E-state index in [9.17, 15) is 9.59 Å². The van der Waals surface area contributed by atoms with Gasteiger partial charge >= 0.3 is 0 Å². The first kappa shape index (κ1) is 19.0. The Balaban J connectivity index is 1.32. The molecule has 0 bridgehead atoms. The van der Waals surface area contributed by atoms with E-state index in [1.165, 1.54) is 20.5 Å². The van der Waals surface area contributed by atoms with Gasteiger partial charge < -0.3 is 10.2 Å². The number of amides is 2. The van der Waals surface area contributed by atoms with Crippen LogP contribution in [0.5, 0.6) is 0 Å². The van der Waals surface area contributed by atoms with Crippen molar-refractivity contribution < 1.29 is 9.59 Å². The van der Waals surface area contributed by atoms with Gasteiger partial charge in [-0.15, -0.1) is 11.3 Å². The molecule has 2 amide bonds. The third-order valence-electron chi connectivity index (χ3n) is 6.42. The van der Waals surface area contributed by atoms with Crippen LogP contribution < -0.4 is 5.32 Å². The average Bonchev–Trinajstić information content (AvgIpc) is 3.19. The Morgan fingerprint density at radius 1 is 1.33 bits per heavy atom. The summed E-state index contributed by atoms with van der Waals surface area (Å²) in [6, 6.07) is 10.3. The fourth-order valence-corrected chi connectivity index (χ4v) is 5.64. The van der Waals surface area contributed by atoms with Crippen molar-refractivity contribution in [1.29, 1.82) is 0 Å². The summed E-state index contributed by atoms with van der Waals surface area (Å²) in [5.74, 6) is 0.673. The van der Waals surface area contributed by atoms with Gasteiger partial charge in [0.1, 0.15) is 5.82 Å². The van der Waals surface area contributed by atoms with E-state index in [4.69, 9.17) is 0 Å². The van der Waals surface area contributed by atoms with E-state index < -0.39 is 5.41 Å². The van der Waals surface area contributed by atoms with Gasteiger partial charge in [-0.25, -0.2) is 4.98 Å². The van der Waals surface area contributed by atoms with Crippen LogP contribution >= 0.6 is 11.3 Å². The highest BCUT2D eigenvalue weighted by molar-refractivity contribution is 7.19. The third kappa shape index (κ3) is 2.94. The molecule has 3 heterocycles. The molecule has 2 aromatic heterocycles. The van der Waals surface area contributed by atoms with Crippen LogP contribution in [-0.4, -0.2) is 28.7 Å². The van der Waals surface area contributed by atoms with Crippen LogP contribution in [0.15, 0.2) is 42.6 Å². The molecule has 1 aromatic carbocycles. The first-order chi connectivity index (χ1) is 14.5. The standard InChI is InChI=1S/C24H23N3O2S/c1-15-17-6-3-4-7-19(17)30-20(15)14-27(2)21(28)9-8-16-12-18-22(25-13-16)26-23(29)24(18)10-5-11-24/h3-4,6-9,12-13H,5,10-11,14H2,1-2H3,(H,25,26,29). The molecular weight excluding hydrogens is 394 g/mol. The normalized spacial score (nSPS) is 16.7. The maximum Gasteiger partial charge on any atom is 0.246 e. The molecule has 0 saturated heterocycles. The number of benzene rings is 1. The maximum atomic E-state index is 12.7. The summed E-state index contributed by atoms with van der Waals surface area (Å²) >= 11 is 1.74. The predicted molar refractivity (Wildman–Crippen MR) is 120 cm³/mol. The number of hydrogen-bond acceptors (Lipinski definition) is 4. The number of aromatic nitrogens is 1. The van der Waals surface area contributed by atoms with Crippen LogP contribution in [0, 0.1) is 6.92 Å². The van der Waals surface area contributed by atoms with Crippen molar-refractivity contribution in [2.75, 3.05) is 12.4 Å². The lowest BCUT2D eigenvalue weighted by atomic mass is 9.65. The number of anilines is 1. The maximum absolute atomic E-state index is 12.7. The molecule has 1 aliphatic heterocycles. The molecule has 0 unspecified atom stereocenters. The summed E-state index contributed by atoms with van der Waals surface area (Å²) in [4.78, 5) is 32.4. The molecule has 1 aliphatic carbocycles. The number of nitrogens with one attached hydrogen (secondary N) is 1. The van der Waals surface area contributed by atoms with E-state index in [-0.39, 0.29) is 11.8 Å². The van der Waals surface area contributed by atoms with Crippen LogP contribution in [0.2, 0.25) is 0 Å². The molecule has 2 aliphatic rings. The number of carbonyl (C=O) groups is 2. The van der Waals surface area contributed by atoms with Gasteiger partial charge in [0, 0.05) is 34.5 Å². The minimum absolute atomic E-state index is 0.0556. The molecule has 30 heavy (non-hydrogen) atoms. The van der Waals surface area contributed by atoms with Gasteiger partial charge in [0.25, 0.3) is 0 Å². The second kappa shape index (κ2) is 7.06. The zero-order valence-corrected chi connectivity index (χ0v) is 17.9. The Labute approximate surface area is 179 Å².